The molecule has 1 saturated heterocycles. The SMILES string of the molecule is COC(=O)C(C)NP(=O)(OC[C@H]1O[C@@H](n2ccc3c(N)nc(N)nc32)[C@](C)(O)[C@@H]1O)Oc1ccccc1. The molecule has 0 bridgehead atoms. The zero-order valence-electron chi connectivity index (χ0n) is 20.3. The van der Waals surface area contributed by atoms with E-state index in [4.69, 9.17) is 25.3 Å². The molecule has 2 unspecified atom stereocenters. The number of carbonyl (C=O) groups excluding carboxylic acids is 1. The monoisotopic (exact) mass is 536 g/mol. The van der Waals surface area contributed by atoms with Crippen LogP contribution in [-0.2, 0) is 23.4 Å². The number of aromatic nitrogens is 3. The highest BCUT2D eigenvalue weighted by atomic mass is 31.2. The van der Waals surface area contributed by atoms with Gasteiger partial charge in [-0.3, -0.25) is 9.32 Å². The molecule has 1 aromatic carbocycles. The molecular formula is C22H29N6O8P. The second-order valence-corrected chi connectivity index (χ2v) is 10.4. The molecule has 4 rings (SSSR count). The van der Waals surface area contributed by atoms with E-state index >= 15 is 0 Å². The molecule has 3 aromatic rings. The van der Waals surface area contributed by atoms with Gasteiger partial charge in [0.1, 0.15) is 41.1 Å². The molecule has 0 aliphatic carbocycles. The van der Waals surface area contributed by atoms with Crippen molar-refractivity contribution < 1.29 is 38.1 Å². The first-order chi connectivity index (χ1) is 17.4. The summed E-state index contributed by atoms with van der Waals surface area (Å²) in [5.41, 5.74) is 10.1. The van der Waals surface area contributed by atoms with Gasteiger partial charge in [0.25, 0.3) is 0 Å². The summed E-state index contributed by atoms with van der Waals surface area (Å²) < 4.78 is 36.8. The number of aliphatic hydroxyl groups is 2. The number of methoxy groups -OCH3 is 1. The predicted molar refractivity (Wildman–Crippen MR) is 132 cm³/mol. The van der Waals surface area contributed by atoms with Crippen LogP contribution in [0.1, 0.15) is 20.1 Å². The lowest BCUT2D eigenvalue weighted by molar-refractivity contribution is -0.142. The van der Waals surface area contributed by atoms with Gasteiger partial charge in [-0.1, -0.05) is 18.2 Å². The number of nitrogen functional groups attached to an aromatic ring is 2. The number of hydrogen-bond acceptors (Lipinski definition) is 12. The number of hydrogen-bond donors (Lipinski definition) is 5. The van der Waals surface area contributed by atoms with E-state index in [2.05, 4.69) is 19.8 Å². The van der Waals surface area contributed by atoms with Crippen molar-refractivity contribution in [2.75, 3.05) is 25.2 Å². The molecular weight excluding hydrogens is 507 g/mol. The second kappa shape index (κ2) is 10.2. The molecule has 15 heteroatoms. The van der Waals surface area contributed by atoms with Crippen molar-refractivity contribution in [3.8, 4) is 5.75 Å². The van der Waals surface area contributed by atoms with E-state index in [9.17, 15) is 19.6 Å². The van der Waals surface area contributed by atoms with Crippen LogP contribution in [0, 0.1) is 0 Å². The van der Waals surface area contributed by atoms with Crippen LogP contribution in [0.25, 0.3) is 11.0 Å². The van der Waals surface area contributed by atoms with Crippen molar-refractivity contribution in [3.05, 3.63) is 42.6 Å². The second-order valence-electron chi connectivity index (χ2n) is 8.70. The number of nitrogens with one attached hydrogen (secondary N) is 1. The van der Waals surface area contributed by atoms with Gasteiger partial charge in [0.2, 0.25) is 5.95 Å². The standard InChI is InChI=1S/C22H29N6O8P/c1-12(19(30)33-3)27-37(32,36-13-7-5-4-6-8-13)34-11-15-16(29)22(2,31)20(35-15)28-10-9-14-17(23)25-21(24)26-18(14)28/h4-10,12,15-16,20,29,31H,11H2,1-3H3,(H,27,32)(H4,23,24,25,26)/t12?,15-,16-,20-,22-,37?/m1/s1. The Hall–Kier alpha value is -3.26. The first-order valence-corrected chi connectivity index (χ1v) is 12.8. The van der Waals surface area contributed by atoms with Crippen LogP contribution < -0.4 is 21.1 Å². The fourth-order valence-corrected chi connectivity index (χ4v) is 5.49. The highest BCUT2D eigenvalue weighted by molar-refractivity contribution is 7.52. The number of nitrogens with zero attached hydrogens (tertiary/aromatic N) is 3. The maximum Gasteiger partial charge on any atom is 0.459 e. The lowest BCUT2D eigenvalue weighted by atomic mass is 9.96. The molecule has 3 heterocycles. The van der Waals surface area contributed by atoms with Crippen LogP contribution in [0.3, 0.4) is 0 Å². The van der Waals surface area contributed by atoms with Crippen molar-refractivity contribution in [1.82, 2.24) is 19.6 Å². The van der Waals surface area contributed by atoms with Crippen molar-refractivity contribution in [3.63, 3.8) is 0 Å². The average Bonchev–Trinajstić information content (AvgIpc) is 3.36. The molecule has 37 heavy (non-hydrogen) atoms. The maximum atomic E-state index is 13.6. The van der Waals surface area contributed by atoms with Crippen LogP contribution >= 0.6 is 7.75 Å². The van der Waals surface area contributed by atoms with E-state index in [1.807, 2.05) is 0 Å². The Kier molecular flexibility index (Phi) is 7.42. The number of para-hydroxylation sites is 1. The van der Waals surface area contributed by atoms with Gasteiger partial charge in [-0.25, -0.2) is 4.57 Å². The minimum absolute atomic E-state index is 0.0761. The Bertz CT molecular complexity index is 1320. The zero-order valence-corrected chi connectivity index (χ0v) is 21.2. The average molecular weight is 536 g/mol. The number of carbonyl (C=O) groups is 1. The summed E-state index contributed by atoms with van der Waals surface area (Å²) >= 11 is 0. The Morgan fingerprint density at radius 2 is 2.00 bits per heavy atom. The predicted octanol–water partition coefficient (Wildman–Crippen LogP) is 0.960. The van der Waals surface area contributed by atoms with E-state index in [1.165, 1.54) is 25.5 Å². The van der Waals surface area contributed by atoms with Crippen LogP contribution in [-0.4, -0.2) is 68.3 Å². The molecule has 0 spiro atoms. The quantitative estimate of drug-likeness (QED) is 0.191. The van der Waals surface area contributed by atoms with Crippen molar-refractivity contribution in [2.45, 2.75) is 43.9 Å². The van der Waals surface area contributed by atoms with Gasteiger partial charge in [-0.15, -0.1) is 0 Å². The normalized spacial score (nSPS) is 26.0. The number of rotatable bonds is 9. The number of esters is 1. The van der Waals surface area contributed by atoms with E-state index in [0.29, 0.717) is 5.39 Å². The first kappa shape index (κ1) is 26.8. The summed E-state index contributed by atoms with van der Waals surface area (Å²) in [5.74, 6) is -0.417. The molecule has 0 saturated carbocycles. The van der Waals surface area contributed by atoms with Crippen molar-refractivity contribution >= 4 is 36.5 Å². The smallest absolute Gasteiger partial charge is 0.459 e. The first-order valence-electron chi connectivity index (χ1n) is 11.3. The fraction of sp³-hybridized carbons (Fsp3) is 0.409. The van der Waals surface area contributed by atoms with E-state index < -0.39 is 50.4 Å². The molecule has 0 amide bonds. The van der Waals surface area contributed by atoms with Gasteiger partial charge in [0.05, 0.1) is 19.1 Å². The zero-order chi connectivity index (χ0) is 27.0. The molecule has 14 nitrogen and oxygen atoms in total. The van der Waals surface area contributed by atoms with Crippen LogP contribution in [0.4, 0.5) is 11.8 Å². The van der Waals surface area contributed by atoms with E-state index in [0.717, 1.165) is 0 Å². The minimum atomic E-state index is -4.20. The summed E-state index contributed by atoms with van der Waals surface area (Å²) in [6, 6.07) is 8.76. The van der Waals surface area contributed by atoms with Crippen molar-refractivity contribution in [1.29, 1.82) is 0 Å². The molecule has 7 N–H and O–H groups in total. The van der Waals surface area contributed by atoms with E-state index in [-0.39, 0.29) is 23.2 Å². The Morgan fingerprint density at radius 3 is 2.68 bits per heavy atom. The lowest BCUT2D eigenvalue weighted by Gasteiger charge is -2.27. The minimum Gasteiger partial charge on any atom is -0.468 e. The molecule has 0 radical (unpaired) electrons. The number of nitrogens with two attached hydrogens (primary N) is 2. The number of anilines is 2. The Balaban J connectivity index is 1.56. The Labute approximate surface area is 212 Å². The summed E-state index contributed by atoms with van der Waals surface area (Å²) in [4.78, 5) is 20.0. The molecule has 200 valence electrons. The molecule has 1 aliphatic rings. The summed E-state index contributed by atoms with van der Waals surface area (Å²) in [6.45, 7) is 2.32. The highest BCUT2D eigenvalue weighted by Gasteiger charge is 2.54. The lowest BCUT2D eigenvalue weighted by Crippen LogP contribution is -2.44. The summed E-state index contributed by atoms with van der Waals surface area (Å²) in [6.07, 6.45) is -2.21. The van der Waals surface area contributed by atoms with Crippen LogP contribution in [0.15, 0.2) is 42.6 Å². The van der Waals surface area contributed by atoms with Gasteiger partial charge in [0.15, 0.2) is 6.23 Å². The van der Waals surface area contributed by atoms with Gasteiger partial charge in [0, 0.05) is 6.20 Å². The summed E-state index contributed by atoms with van der Waals surface area (Å²) in [5, 5.41) is 25.0. The molecule has 1 fully saturated rings. The van der Waals surface area contributed by atoms with Crippen LogP contribution in [0.2, 0.25) is 0 Å². The van der Waals surface area contributed by atoms with E-state index in [1.54, 1.807) is 42.6 Å². The summed E-state index contributed by atoms with van der Waals surface area (Å²) in [7, 11) is -3.01. The largest absolute Gasteiger partial charge is 0.468 e. The third-order valence-corrected chi connectivity index (χ3v) is 7.55. The van der Waals surface area contributed by atoms with Gasteiger partial charge >= 0.3 is 13.7 Å². The van der Waals surface area contributed by atoms with Gasteiger partial charge < -0.3 is 40.2 Å². The number of aliphatic hydroxyl groups excluding tert-OH is 1. The number of ether oxygens (including phenoxy) is 2. The fourth-order valence-electron chi connectivity index (χ4n) is 3.99. The molecule has 1 aliphatic heterocycles. The Morgan fingerprint density at radius 1 is 1.30 bits per heavy atom. The number of benzene rings is 1. The highest BCUT2D eigenvalue weighted by Crippen LogP contribution is 2.47. The van der Waals surface area contributed by atoms with Crippen molar-refractivity contribution in [2.24, 2.45) is 0 Å². The molecule has 6 atom stereocenters. The van der Waals surface area contributed by atoms with Gasteiger partial charge in [-0.05, 0) is 32.0 Å². The third-order valence-electron chi connectivity index (χ3n) is 5.91. The maximum absolute atomic E-state index is 13.6. The topological polar surface area (TPSA) is 206 Å². The number of fused-ring (bicyclic) bond motifs is 1. The third kappa shape index (κ3) is 5.39. The van der Waals surface area contributed by atoms with Gasteiger partial charge in [-0.2, -0.15) is 15.1 Å². The van der Waals surface area contributed by atoms with Crippen LogP contribution in [0.5, 0.6) is 5.75 Å². The molecule has 2 aromatic heterocycles.